The maximum Gasteiger partial charge on any atom is 0.211 e. The van der Waals surface area contributed by atoms with Crippen molar-refractivity contribution in [3.8, 4) is 11.3 Å². The van der Waals surface area contributed by atoms with E-state index in [1.165, 1.54) is 23.5 Å². The largest absolute Gasteiger partial charge is 0.329 e. The predicted octanol–water partition coefficient (Wildman–Crippen LogP) is 6.55. The van der Waals surface area contributed by atoms with E-state index in [2.05, 4.69) is 68.2 Å². The Hall–Kier alpha value is -4.09. The quantitative estimate of drug-likeness (QED) is 0.159. The molecule has 4 heterocycles. The number of nitrogens with zero attached hydrogens (tertiary/aromatic N) is 7. The van der Waals surface area contributed by atoms with Crippen LogP contribution in [0.5, 0.6) is 0 Å². The number of anilines is 3. The zero-order valence-electron chi connectivity index (χ0n) is 25.3. The Kier molecular flexibility index (Phi) is 10.8. The summed E-state index contributed by atoms with van der Waals surface area (Å²) in [6.45, 7) is 16.7. The van der Waals surface area contributed by atoms with Crippen molar-refractivity contribution in [3.05, 3.63) is 72.1 Å². The van der Waals surface area contributed by atoms with Crippen molar-refractivity contribution in [2.24, 2.45) is 5.92 Å². The molecule has 5 aromatic rings. The number of benzene rings is 1. The summed E-state index contributed by atoms with van der Waals surface area (Å²) in [5.41, 5.74) is 6.85. The van der Waals surface area contributed by atoms with Gasteiger partial charge in [-0.25, -0.2) is 9.97 Å². The minimum Gasteiger partial charge on any atom is -0.329 e. The van der Waals surface area contributed by atoms with Crippen LogP contribution in [0.3, 0.4) is 0 Å². The molecule has 5 rings (SSSR count). The van der Waals surface area contributed by atoms with Gasteiger partial charge in [0.15, 0.2) is 11.5 Å². The molecule has 42 heavy (non-hydrogen) atoms. The summed E-state index contributed by atoms with van der Waals surface area (Å²) < 4.78 is 8.67. The number of aryl methyl sites for hydroxylation is 3. The molecule has 0 saturated carbocycles. The van der Waals surface area contributed by atoms with Crippen LogP contribution in [0.2, 0.25) is 0 Å². The summed E-state index contributed by atoms with van der Waals surface area (Å²) in [5, 5.41) is 11.4. The molecule has 11 heteroatoms. The molecule has 0 saturated heterocycles. The Bertz CT molecular complexity index is 1570. The van der Waals surface area contributed by atoms with E-state index in [4.69, 9.17) is 4.98 Å². The smallest absolute Gasteiger partial charge is 0.211 e. The van der Waals surface area contributed by atoms with Crippen LogP contribution in [0.4, 0.5) is 16.5 Å². The Morgan fingerprint density at radius 3 is 2.55 bits per heavy atom. The van der Waals surface area contributed by atoms with Crippen LogP contribution in [-0.2, 0) is 17.9 Å². The Morgan fingerprint density at radius 2 is 1.88 bits per heavy atom. The lowest BCUT2D eigenvalue weighted by Crippen LogP contribution is -2.27. The average molecular weight is 588 g/mol. The lowest BCUT2D eigenvalue weighted by molar-refractivity contribution is -0.105. The molecule has 0 aliphatic carbocycles. The second kappa shape index (κ2) is 14.7. The summed E-state index contributed by atoms with van der Waals surface area (Å²) in [7, 11) is 0. The van der Waals surface area contributed by atoms with Gasteiger partial charge in [0.05, 0.1) is 29.5 Å². The lowest BCUT2D eigenvalue weighted by atomic mass is 10.1. The summed E-state index contributed by atoms with van der Waals surface area (Å²) in [6.07, 6.45) is 9.68. The molecule has 4 aromatic heterocycles. The average Bonchev–Trinajstić information content (AvgIpc) is 3.74. The highest BCUT2D eigenvalue weighted by Gasteiger charge is 2.15. The molecule has 0 aliphatic heterocycles. The van der Waals surface area contributed by atoms with E-state index >= 15 is 0 Å². The molecule has 0 spiro atoms. The third-order valence-corrected chi connectivity index (χ3v) is 7.79. The van der Waals surface area contributed by atoms with Crippen LogP contribution in [0.1, 0.15) is 51.1 Å². The lowest BCUT2D eigenvalue weighted by Gasteiger charge is -2.22. The summed E-state index contributed by atoms with van der Waals surface area (Å²) in [4.78, 5) is 21.8. The number of hydrogen-bond donors (Lipinski definition) is 2. The van der Waals surface area contributed by atoms with Crippen LogP contribution in [-0.4, -0.2) is 52.9 Å². The summed E-state index contributed by atoms with van der Waals surface area (Å²) in [6, 6.07) is 9.75. The first kappa shape index (κ1) is 30.9. The fourth-order valence-electron chi connectivity index (χ4n) is 4.46. The third kappa shape index (κ3) is 8.01. The fraction of sp³-hybridized carbons (Fsp3) is 0.387. The maximum absolute atomic E-state index is 9.95. The van der Waals surface area contributed by atoms with Crippen LogP contribution < -0.4 is 10.6 Å². The van der Waals surface area contributed by atoms with Crippen molar-refractivity contribution in [3.63, 3.8) is 0 Å². The van der Waals surface area contributed by atoms with Crippen LogP contribution >= 0.6 is 11.5 Å². The minimum absolute atomic E-state index is 0.671. The Balaban J connectivity index is 0.000000343. The highest BCUT2D eigenvalue weighted by Crippen LogP contribution is 2.28. The second-order valence-corrected chi connectivity index (χ2v) is 11.2. The van der Waals surface area contributed by atoms with E-state index in [0.29, 0.717) is 12.3 Å². The van der Waals surface area contributed by atoms with E-state index in [1.807, 2.05) is 67.6 Å². The van der Waals surface area contributed by atoms with Gasteiger partial charge < -0.3 is 10.6 Å². The number of aromatic nitrogens is 6. The van der Waals surface area contributed by atoms with Gasteiger partial charge in [0.2, 0.25) is 6.41 Å². The van der Waals surface area contributed by atoms with Crippen molar-refractivity contribution >= 4 is 40.1 Å². The summed E-state index contributed by atoms with van der Waals surface area (Å²) in [5.74, 6) is 1.43. The minimum atomic E-state index is 0.671. The fourth-order valence-corrected chi connectivity index (χ4v) is 5.12. The van der Waals surface area contributed by atoms with Gasteiger partial charge in [-0.1, -0.05) is 44.9 Å². The van der Waals surface area contributed by atoms with Crippen molar-refractivity contribution in [2.45, 2.75) is 61.1 Å². The van der Waals surface area contributed by atoms with Crippen molar-refractivity contribution in [1.82, 2.24) is 33.4 Å². The molecule has 222 valence electrons. The first-order chi connectivity index (χ1) is 20.3. The SMILES string of the molecule is CCC(C)CN(CC)Cc1cc(Nc2nc(C)cn3c(-c4cnn(CC)c4)cnc23)sn1.Cc1ccc(NC=O)cc1. The first-order valence-corrected chi connectivity index (χ1v) is 15.2. The van der Waals surface area contributed by atoms with Gasteiger partial charge in [-0.15, -0.1) is 0 Å². The van der Waals surface area contributed by atoms with Gasteiger partial charge in [0, 0.05) is 43.3 Å². The van der Waals surface area contributed by atoms with Crippen LogP contribution in [0.25, 0.3) is 16.9 Å². The zero-order chi connectivity index (χ0) is 30.1. The van der Waals surface area contributed by atoms with E-state index < -0.39 is 0 Å². The topological polar surface area (TPSA) is 105 Å². The van der Waals surface area contributed by atoms with Crippen LogP contribution in [0, 0.1) is 19.8 Å². The standard InChI is InChI=1S/C23H32N8S.C8H9NO/c1-6-16(4)12-29(7-2)15-19-9-21(32-28-19)27-22-23-24-11-20(31(23)13-17(5)26-22)18-10-25-30(8-3)14-18;1-7-2-4-8(5-3-7)9-6-10/h9-11,13-14,16H,6-8,12,15H2,1-5H3,(H,26,27);2-6H,1H3,(H,9,10). The predicted molar refractivity (Wildman–Crippen MR) is 171 cm³/mol. The van der Waals surface area contributed by atoms with Gasteiger partial charge in [0.25, 0.3) is 0 Å². The van der Waals surface area contributed by atoms with E-state index in [0.717, 1.165) is 71.0 Å². The van der Waals surface area contributed by atoms with Gasteiger partial charge in [-0.3, -0.25) is 18.8 Å². The Labute approximate surface area is 252 Å². The molecular formula is C31H41N9OS. The molecule has 10 nitrogen and oxygen atoms in total. The number of carbonyl (C=O) groups is 1. The van der Waals surface area contributed by atoms with Crippen molar-refractivity contribution in [2.75, 3.05) is 23.7 Å². The maximum atomic E-state index is 9.95. The first-order valence-electron chi connectivity index (χ1n) is 14.4. The van der Waals surface area contributed by atoms with E-state index in [1.54, 1.807) is 0 Å². The molecule has 0 fully saturated rings. The highest BCUT2D eigenvalue weighted by atomic mass is 32.1. The molecule has 2 N–H and O–H groups in total. The molecule has 1 atom stereocenters. The molecule has 1 amide bonds. The normalized spacial score (nSPS) is 11.8. The number of amides is 1. The number of imidazole rings is 1. The Morgan fingerprint density at radius 1 is 1.10 bits per heavy atom. The van der Waals surface area contributed by atoms with E-state index in [-0.39, 0.29) is 0 Å². The number of rotatable bonds is 12. The number of fused-ring (bicyclic) bond motifs is 1. The van der Waals surface area contributed by atoms with Crippen molar-refractivity contribution in [1.29, 1.82) is 0 Å². The van der Waals surface area contributed by atoms with Gasteiger partial charge >= 0.3 is 0 Å². The number of hydrogen-bond acceptors (Lipinski definition) is 8. The molecule has 1 unspecified atom stereocenters. The molecule has 0 aliphatic rings. The van der Waals surface area contributed by atoms with Gasteiger partial charge in [0.1, 0.15) is 5.00 Å². The molecule has 1 aromatic carbocycles. The van der Waals surface area contributed by atoms with Crippen molar-refractivity contribution < 1.29 is 4.79 Å². The van der Waals surface area contributed by atoms with Gasteiger partial charge in [-0.2, -0.15) is 9.47 Å². The zero-order valence-corrected chi connectivity index (χ0v) is 26.1. The van der Waals surface area contributed by atoms with Crippen LogP contribution in [0.15, 0.2) is 55.1 Å². The third-order valence-electron chi connectivity index (χ3n) is 7.04. The molecular weight excluding hydrogens is 546 g/mol. The second-order valence-electron chi connectivity index (χ2n) is 10.4. The molecule has 0 radical (unpaired) electrons. The number of nitrogens with one attached hydrogen (secondary N) is 2. The monoisotopic (exact) mass is 587 g/mol. The van der Waals surface area contributed by atoms with Gasteiger partial charge in [-0.05, 0) is 63.0 Å². The number of carbonyl (C=O) groups excluding carboxylic acids is 1. The van der Waals surface area contributed by atoms with E-state index in [9.17, 15) is 4.79 Å². The summed E-state index contributed by atoms with van der Waals surface area (Å²) >= 11 is 1.47. The highest BCUT2D eigenvalue weighted by molar-refractivity contribution is 7.10. The molecule has 0 bridgehead atoms.